The minimum atomic E-state index is -0.0718. The highest BCUT2D eigenvalue weighted by molar-refractivity contribution is 5.92. The second kappa shape index (κ2) is 9.40. The van der Waals surface area contributed by atoms with Gasteiger partial charge in [0.25, 0.3) is 0 Å². The SMILES string of the molecule is CC(C)C(=O)Nc1cncc(C2CCC3NNC(c4nc5nccc(-c6cccnc6)c5[nH]4)C3C2)c1. The van der Waals surface area contributed by atoms with Gasteiger partial charge in [0, 0.05) is 47.9 Å². The van der Waals surface area contributed by atoms with Gasteiger partial charge in [0.1, 0.15) is 5.82 Å². The molecule has 36 heavy (non-hydrogen) atoms. The molecule has 4 aromatic heterocycles. The molecule has 0 spiro atoms. The van der Waals surface area contributed by atoms with Crippen molar-refractivity contribution in [3.63, 3.8) is 0 Å². The second-order valence-corrected chi connectivity index (χ2v) is 10.1. The Morgan fingerprint density at radius 1 is 1.08 bits per heavy atom. The van der Waals surface area contributed by atoms with E-state index in [1.54, 1.807) is 18.6 Å². The first-order valence-electron chi connectivity index (χ1n) is 12.6. The van der Waals surface area contributed by atoms with E-state index in [0.717, 1.165) is 47.4 Å². The zero-order valence-corrected chi connectivity index (χ0v) is 20.4. The maximum Gasteiger partial charge on any atom is 0.226 e. The van der Waals surface area contributed by atoms with Crippen LogP contribution in [0.25, 0.3) is 22.3 Å². The lowest BCUT2D eigenvalue weighted by Gasteiger charge is -2.33. The molecular formula is C27H30N8O. The number of aromatic nitrogens is 5. The molecule has 0 radical (unpaired) electrons. The van der Waals surface area contributed by atoms with E-state index >= 15 is 0 Å². The number of anilines is 1. The third kappa shape index (κ3) is 4.25. The summed E-state index contributed by atoms with van der Waals surface area (Å²) in [7, 11) is 0. The summed E-state index contributed by atoms with van der Waals surface area (Å²) in [6, 6.07) is 8.48. The minimum absolute atomic E-state index is 0.00561. The van der Waals surface area contributed by atoms with Gasteiger partial charge in [-0.05, 0) is 54.9 Å². The maximum absolute atomic E-state index is 12.2. The molecule has 2 aliphatic rings. The largest absolute Gasteiger partial charge is 0.339 e. The van der Waals surface area contributed by atoms with Crippen molar-refractivity contribution < 1.29 is 4.79 Å². The van der Waals surface area contributed by atoms with Crippen LogP contribution in [-0.4, -0.2) is 36.9 Å². The molecule has 5 heterocycles. The van der Waals surface area contributed by atoms with E-state index in [1.165, 1.54) is 5.56 Å². The fourth-order valence-corrected chi connectivity index (χ4v) is 5.51. The number of nitrogens with zero attached hydrogens (tertiary/aromatic N) is 4. The van der Waals surface area contributed by atoms with Crippen molar-refractivity contribution in [3.05, 3.63) is 66.6 Å². The lowest BCUT2D eigenvalue weighted by molar-refractivity contribution is -0.118. The molecular weight excluding hydrogens is 452 g/mol. The molecule has 9 nitrogen and oxygen atoms in total. The third-order valence-electron chi connectivity index (χ3n) is 7.45. The van der Waals surface area contributed by atoms with Crippen LogP contribution in [-0.2, 0) is 4.79 Å². The van der Waals surface area contributed by atoms with Crippen LogP contribution < -0.4 is 16.2 Å². The molecule has 4 N–H and O–H groups in total. The lowest BCUT2D eigenvalue weighted by atomic mass is 9.73. The summed E-state index contributed by atoms with van der Waals surface area (Å²) < 4.78 is 0. The smallest absolute Gasteiger partial charge is 0.226 e. The molecule has 4 aromatic rings. The first-order valence-corrected chi connectivity index (χ1v) is 12.6. The second-order valence-electron chi connectivity index (χ2n) is 10.1. The third-order valence-corrected chi connectivity index (χ3v) is 7.45. The zero-order chi connectivity index (χ0) is 24.6. The highest BCUT2D eigenvalue weighted by atomic mass is 16.1. The number of carbonyl (C=O) groups is 1. The van der Waals surface area contributed by atoms with Crippen LogP contribution in [0.2, 0.25) is 0 Å². The van der Waals surface area contributed by atoms with E-state index in [4.69, 9.17) is 4.98 Å². The molecule has 2 fully saturated rings. The fraction of sp³-hybridized carbons (Fsp3) is 0.370. The standard InChI is InChI=1S/C27H30N8O/c1-15(2)27(36)31-19-10-18(13-29-14-19)16-5-6-22-21(11-16)24(35-34-22)26-32-23-20(7-9-30-25(23)33-26)17-4-3-8-28-12-17/h3-4,7-10,12-16,21-22,24,34-35H,5-6,11H2,1-2H3,(H,31,36)(H,30,32,33). The maximum atomic E-state index is 12.2. The monoisotopic (exact) mass is 482 g/mol. The molecule has 4 atom stereocenters. The number of rotatable bonds is 5. The van der Waals surface area contributed by atoms with Crippen LogP contribution in [0.5, 0.6) is 0 Å². The Labute approximate surface area is 209 Å². The number of fused-ring (bicyclic) bond motifs is 2. The van der Waals surface area contributed by atoms with Crippen molar-refractivity contribution in [1.29, 1.82) is 0 Å². The van der Waals surface area contributed by atoms with Crippen molar-refractivity contribution >= 4 is 22.8 Å². The molecule has 1 aliphatic heterocycles. The summed E-state index contributed by atoms with van der Waals surface area (Å²) in [6.07, 6.45) is 12.2. The molecule has 1 saturated heterocycles. The van der Waals surface area contributed by atoms with Gasteiger partial charge < -0.3 is 10.3 Å². The molecule has 1 aliphatic carbocycles. The van der Waals surface area contributed by atoms with E-state index in [2.05, 4.69) is 42.2 Å². The van der Waals surface area contributed by atoms with Crippen molar-refractivity contribution in [2.24, 2.45) is 11.8 Å². The van der Waals surface area contributed by atoms with Crippen LogP contribution in [0.1, 0.15) is 56.5 Å². The lowest BCUT2D eigenvalue weighted by Crippen LogP contribution is -2.34. The van der Waals surface area contributed by atoms with Gasteiger partial charge in [-0.1, -0.05) is 19.9 Å². The van der Waals surface area contributed by atoms with Crippen molar-refractivity contribution in [2.45, 2.75) is 51.1 Å². The highest BCUT2D eigenvalue weighted by Crippen LogP contribution is 2.44. The van der Waals surface area contributed by atoms with E-state index in [-0.39, 0.29) is 17.9 Å². The van der Waals surface area contributed by atoms with Gasteiger partial charge in [-0.25, -0.2) is 15.4 Å². The normalized spacial score (nSPS) is 23.6. The summed E-state index contributed by atoms with van der Waals surface area (Å²) in [6.45, 7) is 3.78. The predicted octanol–water partition coefficient (Wildman–Crippen LogP) is 4.11. The van der Waals surface area contributed by atoms with Crippen LogP contribution in [0.3, 0.4) is 0 Å². The molecule has 1 saturated carbocycles. The van der Waals surface area contributed by atoms with E-state index in [9.17, 15) is 4.79 Å². The molecule has 9 heteroatoms. The van der Waals surface area contributed by atoms with Crippen molar-refractivity contribution in [1.82, 2.24) is 35.8 Å². The van der Waals surface area contributed by atoms with Gasteiger partial charge >= 0.3 is 0 Å². The number of hydrazine groups is 1. The van der Waals surface area contributed by atoms with Crippen LogP contribution in [0, 0.1) is 11.8 Å². The molecule has 0 bridgehead atoms. The molecule has 6 rings (SSSR count). The zero-order valence-electron chi connectivity index (χ0n) is 20.4. The number of hydrogen-bond acceptors (Lipinski definition) is 7. The van der Waals surface area contributed by atoms with Crippen molar-refractivity contribution in [2.75, 3.05) is 5.32 Å². The summed E-state index contributed by atoms with van der Waals surface area (Å²) in [5.74, 6) is 1.56. The first-order chi connectivity index (χ1) is 17.6. The number of aromatic amines is 1. The summed E-state index contributed by atoms with van der Waals surface area (Å²) in [5, 5.41) is 2.98. The summed E-state index contributed by atoms with van der Waals surface area (Å²) in [4.78, 5) is 33.8. The van der Waals surface area contributed by atoms with Gasteiger partial charge in [0.2, 0.25) is 5.91 Å². The average Bonchev–Trinajstić information content (AvgIpc) is 3.53. The Morgan fingerprint density at radius 3 is 2.83 bits per heavy atom. The van der Waals surface area contributed by atoms with Gasteiger partial charge in [-0.2, -0.15) is 0 Å². The van der Waals surface area contributed by atoms with Gasteiger partial charge in [-0.3, -0.25) is 20.2 Å². The number of hydrogen-bond donors (Lipinski definition) is 4. The Balaban J connectivity index is 1.25. The van der Waals surface area contributed by atoms with Crippen molar-refractivity contribution in [3.8, 4) is 11.1 Å². The Morgan fingerprint density at radius 2 is 2.00 bits per heavy atom. The molecule has 1 amide bonds. The number of imidazole rings is 1. The van der Waals surface area contributed by atoms with E-state index < -0.39 is 0 Å². The van der Waals surface area contributed by atoms with E-state index in [1.807, 2.05) is 44.4 Å². The number of amides is 1. The minimum Gasteiger partial charge on any atom is -0.339 e. The Hall–Kier alpha value is -3.69. The molecule has 0 aromatic carbocycles. The topological polar surface area (TPSA) is 121 Å². The van der Waals surface area contributed by atoms with Crippen LogP contribution in [0.4, 0.5) is 5.69 Å². The number of pyridine rings is 3. The average molecular weight is 483 g/mol. The highest BCUT2D eigenvalue weighted by Gasteiger charge is 2.42. The van der Waals surface area contributed by atoms with Crippen LogP contribution in [0.15, 0.2) is 55.2 Å². The fourth-order valence-electron chi connectivity index (χ4n) is 5.51. The number of nitrogens with one attached hydrogen (secondary N) is 4. The quantitative estimate of drug-likeness (QED) is 0.338. The van der Waals surface area contributed by atoms with Gasteiger partial charge in [0.15, 0.2) is 5.65 Å². The summed E-state index contributed by atoms with van der Waals surface area (Å²) in [5.41, 5.74) is 12.7. The molecule has 184 valence electrons. The number of H-pyrrole nitrogens is 1. The summed E-state index contributed by atoms with van der Waals surface area (Å²) >= 11 is 0. The van der Waals surface area contributed by atoms with Gasteiger partial charge in [0.05, 0.1) is 23.4 Å². The number of carbonyl (C=O) groups excluding carboxylic acids is 1. The van der Waals surface area contributed by atoms with Gasteiger partial charge in [-0.15, -0.1) is 0 Å². The molecule has 4 unspecified atom stereocenters. The Bertz CT molecular complexity index is 1390. The first kappa shape index (κ1) is 22.8. The van der Waals surface area contributed by atoms with Crippen LogP contribution >= 0.6 is 0 Å². The Kier molecular flexibility index (Phi) is 5.94. The van der Waals surface area contributed by atoms with E-state index in [0.29, 0.717) is 23.5 Å². The predicted molar refractivity (Wildman–Crippen MR) is 138 cm³/mol.